The molecule has 0 saturated heterocycles. The molecule has 0 bridgehead atoms. The van der Waals surface area contributed by atoms with Gasteiger partial charge in [-0.2, -0.15) is 9.61 Å². The van der Waals surface area contributed by atoms with Gasteiger partial charge in [-0.15, -0.1) is 10.2 Å². The quantitative estimate of drug-likeness (QED) is 0.548. The Hall–Kier alpha value is -2.57. The monoisotopic (exact) mass is 354 g/mol. The SMILES string of the molecule is Cc1ccc(-c2nnc3sc(-c4ccc(Cl)cc4)nn3c2=O)cc1. The Morgan fingerprint density at radius 2 is 1.62 bits per heavy atom. The fraction of sp³-hybridized carbons (Fsp3) is 0.0588. The van der Waals surface area contributed by atoms with Crippen LogP contribution in [0.15, 0.2) is 53.3 Å². The lowest BCUT2D eigenvalue weighted by Crippen LogP contribution is -2.19. The molecule has 4 rings (SSSR count). The molecule has 0 unspecified atom stereocenters. The van der Waals surface area contributed by atoms with Crippen molar-refractivity contribution in [2.75, 3.05) is 0 Å². The molecule has 0 amide bonds. The van der Waals surface area contributed by atoms with Gasteiger partial charge in [-0.25, -0.2) is 0 Å². The van der Waals surface area contributed by atoms with Crippen molar-refractivity contribution in [3.8, 4) is 21.8 Å². The summed E-state index contributed by atoms with van der Waals surface area (Å²) in [6.45, 7) is 1.99. The Labute approximate surface area is 146 Å². The molecule has 7 heteroatoms. The average molecular weight is 355 g/mol. The summed E-state index contributed by atoms with van der Waals surface area (Å²) >= 11 is 7.22. The number of hydrogen-bond donors (Lipinski definition) is 0. The normalized spacial score (nSPS) is 11.1. The Morgan fingerprint density at radius 1 is 0.958 bits per heavy atom. The molecule has 5 nitrogen and oxygen atoms in total. The Balaban J connectivity index is 1.86. The van der Waals surface area contributed by atoms with Gasteiger partial charge in [0.15, 0.2) is 5.69 Å². The van der Waals surface area contributed by atoms with E-state index in [0.29, 0.717) is 20.7 Å². The lowest BCUT2D eigenvalue weighted by Gasteiger charge is -1.99. The lowest BCUT2D eigenvalue weighted by atomic mass is 10.1. The zero-order valence-corrected chi connectivity index (χ0v) is 14.2. The molecule has 0 aliphatic carbocycles. The molecular formula is C17H11ClN4OS. The van der Waals surface area contributed by atoms with Gasteiger partial charge in [0.25, 0.3) is 0 Å². The van der Waals surface area contributed by atoms with E-state index >= 15 is 0 Å². The van der Waals surface area contributed by atoms with Crippen LogP contribution in [0.2, 0.25) is 5.02 Å². The van der Waals surface area contributed by atoms with Crippen molar-refractivity contribution < 1.29 is 0 Å². The molecule has 4 aromatic rings. The summed E-state index contributed by atoms with van der Waals surface area (Å²) in [6.07, 6.45) is 0. The first-order valence-corrected chi connectivity index (χ1v) is 8.41. The highest BCUT2D eigenvalue weighted by atomic mass is 35.5. The predicted octanol–water partition coefficient (Wildman–Crippen LogP) is 3.84. The highest BCUT2D eigenvalue weighted by molar-refractivity contribution is 7.19. The Bertz CT molecular complexity index is 1080. The first-order valence-electron chi connectivity index (χ1n) is 7.21. The van der Waals surface area contributed by atoms with Crippen molar-refractivity contribution in [1.29, 1.82) is 0 Å². The third kappa shape index (κ3) is 2.60. The van der Waals surface area contributed by atoms with Gasteiger partial charge >= 0.3 is 5.56 Å². The van der Waals surface area contributed by atoms with Gasteiger partial charge in [0, 0.05) is 16.1 Å². The number of hydrogen-bond acceptors (Lipinski definition) is 5. The molecular weight excluding hydrogens is 344 g/mol. The van der Waals surface area contributed by atoms with Crippen LogP contribution in [-0.4, -0.2) is 19.8 Å². The summed E-state index contributed by atoms with van der Waals surface area (Å²) in [6, 6.07) is 14.9. The number of rotatable bonds is 2. The number of halogens is 1. The predicted molar refractivity (Wildman–Crippen MR) is 95.5 cm³/mol. The van der Waals surface area contributed by atoms with Gasteiger partial charge < -0.3 is 0 Å². The number of aryl methyl sites for hydroxylation is 1. The molecule has 2 aromatic carbocycles. The van der Waals surface area contributed by atoms with E-state index in [-0.39, 0.29) is 5.56 Å². The zero-order chi connectivity index (χ0) is 16.7. The first-order chi connectivity index (χ1) is 11.6. The van der Waals surface area contributed by atoms with Crippen LogP contribution in [0.3, 0.4) is 0 Å². The maximum atomic E-state index is 12.7. The van der Waals surface area contributed by atoms with Crippen LogP contribution in [0.4, 0.5) is 0 Å². The van der Waals surface area contributed by atoms with Crippen molar-refractivity contribution in [3.05, 3.63) is 69.5 Å². The smallest absolute Gasteiger partial charge is 0.265 e. The van der Waals surface area contributed by atoms with E-state index < -0.39 is 0 Å². The van der Waals surface area contributed by atoms with E-state index in [9.17, 15) is 4.79 Å². The molecule has 0 aliphatic rings. The van der Waals surface area contributed by atoms with Gasteiger partial charge in [-0.3, -0.25) is 4.79 Å². The van der Waals surface area contributed by atoms with Crippen LogP contribution in [0, 0.1) is 6.92 Å². The van der Waals surface area contributed by atoms with E-state index in [2.05, 4.69) is 15.3 Å². The molecule has 0 aliphatic heterocycles. The molecule has 24 heavy (non-hydrogen) atoms. The van der Waals surface area contributed by atoms with Crippen LogP contribution in [0.1, 0.15) is 5.56 Å². The lowest BCUT2D eigenvalue weighted by molar-refractivity contribution is 0.862. The summed E-state index contributed by atoms with van der Waals surface area (Å²) in [5, 5.41) is 14.0. The molecule has 0 fully saturated rings. The third-order valence-electron chi connectivity index (χ3n) is 3.61. The first kappa shape index (κ1) is 15.0. The van der Waals surface area contributed by atoms with E-state index in [1.807, 2.05) is 43.3 Å². The number of benzene rings is 2. The van der Waals surface area contributed by atoms with Crippen molar-refractivity contribution in [3.63, 3.8) is 0 Å². The van der Waals surface area contributed by atoms with Gasteiger partial charge in [0.05, 0.1) is 0 Å². The largest absolute Gasteiger partial charge is 0.302 e. The number of aromatic nitrogens is 4. The fourth-order valence-corrected chi connectivity index (χ4v) is 3.28. The van der Waals surface area contributed by atoms with E-state index in [4.69, 9.17) is 11.6 Å². The van der Waals surface area contributed by atoms with E-state index in [0.717, 1.165) is 16.7 Å². The van der Waals surface area contributed by atoms with Crippen LogP contribution in [-0.2, 0) is 0 Å². The van der Waals surface area contributed by atoms with Crippen LogP contribution in [0.25, 0.3) is 26.8 Å². The molecule has 0 atom stereocenters. The van der Waals surface area contributed by atoms with Crippen molar-refractivity contribution in [2.45, 2.75) is 6.92 Å². The Kier molecular flexibility index (Phi) is 3.63. The van der Waals surface area contributed by atoms with Gasteiger partial charge in [0.2, 0.25) is 4.96 Å². The van der Waals surface area contributed by atoms with Gasteiger partial charge in [-0.05, 0) is 19.1 Å². The molecule has 0 saturated carbocycles. The standard InChI is InChI=1S/C17H11ClN4OS/c1-10-2-4-11(5-3-10)14-16(23)22-17(20-19-14)24-15(21-22)12-6-8-13(18)9-7-12/h2-9H,1H3. The van der Waals surface area contributed by atoms with Crippen molar-refractivity contribution in [2.24, 2.45) is 0 Å². The molecule has 2 heterocycles. The van der Waals surface area contributed by atoms with Crippen LogP contribution >= 0.6 is 22.9 Å². The van der Waals surface area contributed by atoms with Gasteiger partial charge in [0.1, 0.15) is 5.01 Å². The third-order valence-corrected chi connectivity index (χ3v) is 4.81. The number of nitrogens with zero attached hydrogens (tertiary/aromatic N) is 4. The minimum atomic E-state index is -0.277. The summed E-state index contributed by atoms with van der Waals surface area (Å²) < 4.78 is 1.30. The van der Waals surface area contributed by atoms with Crippen LogP contribution < -0.4 is 5.56 Å². The summed E-state index contributed by atoms with van der Waals surface area (Å²) in [5.74, 6) is 0. The van der Waals surface area contributed by atoms with E-state index in [1.165, 1.54) is 15.9 Å². The highest BCUT2D eigenvalue weighted by Crippen LogP contribution is 2.25. The second-order valence-corrected chi connectivity index (χ2v) is 6.72. The second-order valence-electron chi connectivity index (χ2n) is 5.33. The molecule has 0 radical (unpaired) electrons. The maximum Gasteiger partial charge on any atom is 0.302 e. The van der Waals surface area contributed by atoms with Crippen molar-refractivity contribution >= 4 is 27.9 Å². The summed E-state index contributed by atoms with van der Waals surface area (Å²) in [5.41, 5.74) is 2.74. The number of fused-ring (bicyclic) bond motifs is 1. The maximum absolute atomic E-state index is 12.7. The molecule has 0 N–H and O–H groups in total. The summed E-state index contributed by atoms with van der Waals surface area (Å²) in [4.78, 5) is 13.2. The minimum Gasteiger partial charge on any atom is -0.265 e. The van der Waals surface area contributed by atoms with Crippen molar-refractivity contribution in [1.82, 2.24) is 19.8 Å². The average Bonchev–Trinajstić information content (AvgIpc) is 3.02. The van der Waals surface area contributed by atoms with Gasteiger partial charge in [-0.1, -0.05) is 64.9 Å². The second kappa shape index (κ2) is 5.81. The van der Waals surface area contributed by atoms with E-state index in [1.54, 1.807) is 12.1 Å². The highest BCUT2D eigenvalue weighted by Gasteiger charge is 2.14. The van der Waals surface area contributed by atoms with Crippen LogP contribution in [0.5, 0.6) is 0 Å². The molecule has 118 valence electrons. The Morgan fingerprint density at radius 3 is 2.33 bits per heavy atom. The summed E-state index contributed by atoms with van der Waals surface area (Å²) in [7, 11) is 0. The minimum absolute atomic E-state index is 0.277. The molecule has 2 aromatic heterocycles. The fourth-order valence-electron chi connectivity index (χ4n) is 2.32. The topological polar surface area (TPSA) is 60.1 Å². The zero-order valence-electron chi connectivity index (χ0n) is 12.6. The molecule has 0 spiro atoms.